The Kier molecular flexibility index (Phi) is 2.91. The highest BCUT2D eigenvalue weighted by atomic mass is 16.1. The topological polar surface area (TPSA) is 17.1 Å². The first-order valence-electron chi connectivity index (χ1n) is 6.70. The van der Waals surface area contributed by atoms with Crippen molar-refractivity contribution in [3.05, 3.63) is 60.2 Å². The maximum atomic E-state index is 12.1. The first-order valence-corrected chi connectivity index (χ1v) is 6.70. The fourth-order valence-corrected chi connectivity index (χ4v) is 3.50. The predicted octanol–water partition coefficient (Wildman–Crippen LogP) is 3.57. The van der Waals surface area contributed by atoms with Gasteiger partial charge < -0.3 is 0 Å². The molecule has 0 aromatic heterocycles. The Hall–Kier alpha value is -1.63. The molecule has 1 heteroatoms. The molecule has 2 aliphatic rings. The van der Waals surface area contributed by atoms with Crippen LogP contribution in [0, 0.1) is 17.8 Å². The standard InChI is InChI=1S/C17H18O/c1-12-7-10-16(18)17-14(8-9-15(12)17)11-13-5-3-2-4-6-13/h2-7,10,14-15,17H,1,8-9,11H2/t14-,15+,17+/m0/s1. The van der Waals surface area contributed by atoms with Crippen molar-refractivity contribution in [2.45, 2.75) is 19.3 Å². The largest absolute Gasteiger partial charge is 0.295 e. The third-order valence-corrected chi connectivity index (χ3v) is 4.40. The van der Waals surface area contributed by atoms with Gasteiger partial charge in [0.1, 0.15) is 0 Å². The summed E-state index contributed by atoms with van der Waals surface area (Å²) in [6.07, 6.45) is 6.93. The summed E-state index contributed by atoms with van der Waals surface area (Å²) in [4.78, 5) is 12.1. The summed E-state index contributed by atoms with van der Waals surface area (Å²) in [5, 5.41) is 0. The van der Waals surface area contributed by atoms with Gasteiger partial charge in [-0.3, -0.25) is 4.79 Å². The van der Waals surface area contributed by atoms with Crippen molar-refractivity contribution in [3.8, 4) is 0 Å². The van der Waals surface area contributed by atoms with Gasteiger partial charge in [-0.05, 0) is 42.7 Å². The fourth-order valence-electron chi connectivity index (χ4n) is 3.50. The Morgan fingerprint density at radius 2 is 1.89 bits per heavy atom. The highest BCUT2D eigenvalue weighted by molar-refractivity contribution is 5.94. The average Bonchev–Trinajstić information content (AvgIpc) is 2.80. The molecule has 0 aliphatic heterocycles. The summed E-state index contributed by atoms with van der Waals surface area (Å²) < 4.78 is 0. The van der Waals surface area contributed by atoms with Gasteiger partial charge in [0.05, 0.1) is 0 Å². The Morgan fingerprint density at radius 1 is 1.11 bits per heavy atom. The summed E-state index contributed by atoms with van der Waals surface area (Å²) in [7, 11) is 0. The minimum absolute atomic E-state index is 0.183. The Morgan fingerprint density at radius 3 is 2.67 bits per heavy atom. The molecule has 3 atom stereocenters. The van der Waals surface area contributed by atoms with E-state index >= 15 is 0 Å². The van der Waals surface area contributed by atoms with Crippen molar-refractivity contribution >= 4 is 5.78 Å². The molecule has 1 aromatic carbocycles. The Balaban J connectivity index is 1.81. The van der Waals surface area contributed by atoms with Crippen LogP contribution < -0.4 is 0 Å². The molecule has 1 fully saturated rings. The summed E-state index contributed by atoms with van der Waals surface area (Å²) in [6, 6.07) is 10.5. The molecule has 0 radical (unpaired) electrons. The Bertz CT molecular complexity index is 498. The van der Waals surface area contributed by atoms with Crippen molar-refractivity contribution in [3.63, 3.8) is 0 Å². The second kappa shape index (κ2) is 4.56. The van der Waals surface area contributed by atoms with Gasteiger partial charge >= 0.3 is 0 Å². The lowest BCUT2D eigenvalue weighted by Crippen LogP contribution is -2.28. The van der Waals surface area contributed by atoms with Gasteiger partial charge in [0.15, 0.2) is 5.78 Å². The maximum absolute atomic E-state index is 12.1. The first-order chi connectivity index (χ1) is 8.75. The smallest absolute Gasteiger partial charge is 0.159 e. The minimum atomic E-state index is 0.183. The van der Waals surface area contributed by atoms with E-state index in [4.69, 9.17) is 0 Å². The van der Waals surface area contributed by atoms with Crippen molar-refractivity contribution in [2.24, 2.45) is 17.8 Å². The zero-order valence-corrected chi connectivity index (χ0v) is 10.5. The van der Waals surface area contributed by atoms with Gasteiger partial charge in [-0.2, -0.15) is 0 Å². The molecule has 0 N–H and O–H groups in total. The number of benzene rings is 1. The van der Waals surface area contributed by atoms with E-state index in [0.717, 1.165) is 24.8 Å². The summed E-state index contributed by atoms with van der Waals surface area (Å²) >= 11 is 0. The monoisotopic (exact) mass is 238 g/mol. The van der Waals surface area contributed by atoms with Crippen LogP contribution in [0.4, 0.5) is 0 Å². The molecule has 1 aromatic rings. The second-order valence-electron chi connectivity index (χ2n) is 5.47. The molecule has 0 saturated heterocycles. The van der Waals surface area contributed by atoms with Gasteiger partial charge in [0.2, 0.25) is 0 Å². The third-order valence-electron chi connectivity index (χ3n) is 4.40. The lowest BCUT2D eigenvalue weighted by molar-refractivity contribution is -0.120. The van der Waals surface area contributed by atoms with Crippen LogP contribution in [-0.4, -0.2) is 5.78 Å². The molecule has 0 bridgehead atoms. The number of fused-ring (bicyclic) bond motifs is 1. The van der Waals surface area contributed by atoms with Crippen molar-refractivity contribution in [2.75, 3.05) is 0 Å². The van der Waals surface area contributed by atoms with E-state index in [9.17, 15) is 4.79 Å². The molecule has 1 nitrogen and oxygen atoms in total. The first kappa shape index (κ1) is 11.5. The fraction of sp³-hybridized carbons (Fsp3) is 0.353. The average molecular weight is 238 g/mol. The van der Waals surface area contributed by atoms with Crippen molar-refractivity contribution in [1.29, 1.82) is 0 Å². The van der Waals surface area contributed by atoms with Gasteiger partial charge in [-0.25, -0.2) is 0 Å². The number of ketones is 1. The minimum Gasteiger partial charge on any atom is -0.295 e. The van der Waals surface area contributed by atoms with E-state index in [1.165, 1.54) is 5.56 Å². The van der Waals surface area contributed by atoms with E-state index in [2.05, 4.69) is 30.8 Å². The van der Waals surface area contributed by atoms with Gasteiger partial charge in [0, 0.05) is 5.92 Å². The molecule has 18 heavy (non-hydrogen) atoms. The molecule has 1 saturated carbocycles. The van der Waals surface area contributed by atoms with Gasteiger partial charge in [0.25, 0.3) is 0 Å². The number of carbonyl (C=O) groups is 1. The molecule has 0 amide bonds. The number of hydrogen-bond donors (Lipinski definition) is 0. The third kappa shape index (κ3) is 1.94. The van der Waals surface area contributed by atoms with Crippen LogP contribution in [0.3, 0.4) is 0 Å². The molecule has 0 heterocycles. The lowest BCUT2D eigenvalue weighted by atomic mass is 9.76. The van der Waals surface area contributed by atoms with E-state index in [1.54, 1.807) is 6.08 Å². The summed E-state index contributed by atoms with van der Waals surface area (Å²) in [5.41, 5.74) is 2.49. The van der Waals surface area contributed by atoms with Crippen LogP contribution in [-0.2, 0) is 11.2 Å². The van der Waals surface area contributed by atoms with Gasteiger partial charge in [-0.1, -0.05) is 48.6 Å². The van der Waals surface area contributed by atoms with Crippen LogP contribution in [0.1, 0.15) is 18.4 Å². The van der Waals surface area contributed by atoms with Crippen LogP contribution in [0.2, 0.25) is 0 Å². The molecular weight excluding hydrogens is 220 g/mol. The number of allylic oxidation sites excluding steroid dienone is 3. The molecule has 3 rings (SSSR count). The zero-order chi connectivity index (χ0) is 12.5. The highest BCUT2D eigenvalue weighted by Gasteiger charge is 2.42. The quantitative estimate of drug-likeness (QED) is 0.770. The molecular formula is C17H18O. The summed E-state index contributed by atoms with van der Waals surface area (Å²) in [6.45, 7) is 4.09. The highest BCUT2D eigenvalue weighted by Crippen LogP contribution is 2.45. The predicted molar refractivity (Wildman–Crippen MR) is 73.1 cm³/mol. The SMILES string of the molecule is C=C1C=CC(=O)[C@@H]2[C@H](Cc3ccccc3)CC[C@H]12. The van der Waals surface area contributed by atoms with E-state index in [0.29, 0.717) is 17.6 Å². The normalized spacial score (nSPS) is 30.6. The number of carbonyl (C=O) groups excluding carboxylic acids is 1. The van der Waals surface area contributed by atoms with E-state index < -0.39 is 0 Å². The zero-order valence-electron chi connectivity index (χ0n) is 10.5. The maximum Gasteiger partial charge on any atom is 0.159 e. The van der Waals surface area contributed by atoms with E-state index in [1.807, 2.05) is 12.1 Å². The molecule has 92 valence electrons. The number of hydrogen-bond acceptors (Lipinski definition) is 1. The molecule has 0 spiro atoms. The van der Waals surface area contributed by atoms with Crippen molar-refractivity contribution < 1.29 is 4.79 Å². The molecule has 0 unspecified atom stereocenters. The van der Waals surface area contributed by atoms with Gasteiger partial charge in [-0.15, -0.1) is 0 Å². The van der Waals surface area contributed by atoms with Crippen LogP contribution in [0.5, 0.6) is 0 Å². The van der Waals surface area contributed by atoms with E-state index in [-0.39, 0.29) is 5.92 Å². The number of rotatable bonds is 2. The summed E-state index contributed by atoms with van der Waals surface area (Å²) in [5.74, 6) is 1.39. The van der Waals surface area contributed by atoms with Crippen LogP contribution >= 0.6 is 0 Å². The molecule has 2 aliphatic carbocycles. The van der Waals surface area contributed by atoms with Crippen molar-refractivity contribution in [1.82, 2.24) is 0 Å². The van der Waals surface area contributed by atoms with Crippen LogP contribution in [0.15, 0.2) is 54.6 Å². The van der Waals surface area contributed by atoms with Crippen LogP contribution in [0.25, 0.3) is 0 Å². The lowest BCUT2D eigenvalue weighted by Gasteiger charge is -2.26. The second-order valence-corrected chi connectivity index (χ2v) is 5.47. The Labute approximate surface area is 108 Å².